The molecule has 108 valence electrons. The summed E-state index contributed by atoms with van der Waals surface area (Å²) in [6.45, 7) is 0.519. The van der Waals surface area contributed by atoms with Gasteiger partial charge in [-0.05, 0) is 12.0 Å². The fourth-order valence-corrected chi connectivity index (χ4v) is 2.30. The molecule has 0 aliphatic carbocycles. The average molecular weight is 285 g/mol. The minimum absolute atomic E-state index is 0.0769. The molecule has 2 N–H and O–H groups in total. The van der Waals surface area contributed by atoms with Gasteiger partial charge in [0.1, 0.15) is 12.4 Å². The van der Waals surface area contributed by atoms with Gasteiger partial charge in [0.25, 0.3) is 0 Å². The van der Waals surface area contributed by atoms with Gasteiger partial charge in [0.05, 0.1) is 6.42 Å². The number of benzene rings is 1. The van der Waals surface area contributed by atoms with E-state index < -0.39 is 6.04 Å². The molecule has 2 heterocycles. The first-order valence-corrected chi connectivity index (χ1v) is 6.75. The van der Waals surface area contributed by atoms with E-state index in [9.17, 15) is 9.59 Å². The minimum Gasteiger partial charge on any atom is -0.354 e. The number of rotatable bonds is 4. The maximum atomic E-state index is 12.2. The highest BCUT2D eigenvalue weighted by Gasteiger charge is 2.31. The van der Waals surface area contributed by atoms with Crippen LogP contribution < -0.4 is 10.6 Å². The molecule has 0 radical (unpaired) electrons. The molecule has 1 aromatic carbocycles. The molecule has 0 fully saturated rings. The maximum Gasteiger partial charge on any atom is 0.245 e. The first-order chi connectivity index (χ1) is 10.2. The predicted octanol–water partition coefficient (Wildman–Crippen LogP) is 0.520. The number of hydrogen-bond acceptors (Lipinski definition) is 4. The molecule has 2 aromatic rings. The van der Waals surface area contributed by atoms with Crippen molar-refractivity contribution < 1.29 is 9.59 Å². The first-order valence-electron chi connectivity index (χ1n) is 6.75. The lowest BCUT2D eigenvalue weighted by atomic mass is 10.1. The van der Waals surface area contributed by atoms with E-state index in [1.807, 2.05) is 30.3 Å². The van der Waals surface area contributed by atoms with Crippen LogP contribution in [-0.2, 0) is 16.0 Å². The molecule has 0 unspecified atom stereocenters. The number of fused-ring (bicyclic) bond motifs is 1. The highest BCUT2D eigenvalue weighted by atomic mass is 16.2. The molecule has 3 rings (SSSR count). The summed E-state index contributed by atoms with van der Waals surface area (Å²) in [4.78, 5) is 27.7. The molecule has 0 saturated heterocycles. The Morgan fingerprint density at radius 2 is 2.19 bits per heavy atom. The van der Waals surface area contributed by atoms with Crippen LogP contribution in [0.15, 0.2) is 36.7 Å². The Morgan fingerprint density at radius 1 is 1.38 bits per heavy atom. The van der Waals surface area contributed by atoms with Crippen molar-refractivity contribution >= 4 is 17.8 Å². The molecular weight excluding hydrogens is 270 g/mol. The number of hydrogen-bond donors (Lipinski definition) is 2. The van der Waals surface area contributed by atoms with Crippen LogP contribution in [-0.4, -0.2) is 33.1 Å². The Bertz CT molecular complexity index is 652. The van der Waals surface area contributed by atoms with E-state index in [2.05, 4.69) is 20.7 Å². The van der Waals surface area contributed by atoms with Crippen LogP contribution in [0.1, 0.15) is 18.0 Å². The monoisotopic (exact) mass is 285 g/mol. The van der Waals surface area contributed by atoms with E-state index in [1.165, 1.54) is 11.0 Å². The second-order valence-corrected chi connectivity index (χ2v) is 4.82. The lowest BCUT2D eigenvalue weighted by Crippen LogP contribution is -2.39. The van der Waals surface area contributed by atoms with Crippen LogP contribution in [0.3, 0.4) is 0 Å². The lowest BCUT2D eigenvalue weighted by molar-refractivity contribution is -0.128. The lowest BCUT2D eigenvalue weighted by Gasteiger charge is -2.22. The van der Waals surface area contributed by atoms with Gasteiger partial charge in [0.15, 0.2) is 0 Å². The highest BCUT2D eigenvalue weighted by molar-refractivity contribution is 5.95. The molecule has 0 spiro atoms. The zero-order valence-electron chi connectivity index (χ0n) is 11.3. The van der Waals surface area contributed by atoms with Gasteiger partial charge < -0.3 is 5.32 Å². The number of carbonyl (C=O) groups is 2. The van der Waals surface area contributed by atoms with Crippen molar-refractivity contribution in [3.63, 3.8) is 0 Å². The van der Waals surface area contributed by atoms with Gasteiger partial charge in [0, 0.05) is 6.54 Å². The zero-order chi connectivity index (χ0) is 14.7. The van der Waals surface area contributed by atoms with Crippen LogP contribution >= 0.6 is 0 Å². The van der Waals surface area contributed by atoms with E-state index in [0.29, 0.717) is 12.5 Å². The predicted molar refractivity (Wildman–Crippen MR) is 75.5 cm³/mol. The molecular formula is C14H15N5O2. The first kappa shape index (κ1) is 13.3. The number of anilines is 1. The third-order valence-corrected chi connectivity index (χ3v) is 3.36. The Hall–Kier alpha value is -2.70. The molecule has 21 heavy (non-hydrogen) atoms. The van der Waals surface area contributed by atoms with Crippen molar-refractivity contribution in [2.45, 2.75) is 18.9 Å². The van der Waals surface area contributed by atoms with Crippen molar-refractivity contribution in [3.05, 3.63) is 42.2 Å². The Balaban J connectivity index is 1.60. The summed E-state index contributed by atoms with van der Waals surface area (Å²) in [6, 6.07) is 9.27. The Kier molecular flexibility index (Phi) is 3.63. The fraction of sp³-hybridized carbons (Fsp3) is 0.286. The van der Waals surface area contributed by atoms with Crippen LogP contribution in [0.5, 0.6) is 0 Å². The van der Waals surface area contributed by atoms with Crippen molar-refractivity contribution in [2.24, 2.45) is 0 Å². The second kappa shape index (κ2) is 5.74. The summed E-state index contributed by atoms with van der Waals surface area (Å²) in [7, 11) is 0. The average Bonchev–Trinajstić information content (AvgIpc) is 2.95. The van der Waals surface area contributed by atoms with Gasteiger partial charge in [-0.25, -0.2) is 4.68 Å². The summed E-state index contributed by atoms with van der Waals surface area (Å²) in [5.74, 6) is -0.124. The van der Waals surface area contributed by atoms with Crippen LogP contribution in [0.4, 0.5) is 5.95 Å². The summed E-state index contributed by atoms with van der Waals surface area (Å²) in [5, 5.41) is 9.41. The Labute approximate surface area is 121 Å². The smallest absolute Gasteiger partial charge is 0.245 e. The van der Waals surface area contributed by atoms with Crippen LogP contribution in [0.2, 0.25) is 0 Å². The molecule has 0 saturated carbocycles. The Morgan fingerprint density at radius 3 is 3.00 bits per heavy atom. The molecule has 7 nitrogen and oxygen atoms in total. The van der Waals surface area contributed by atoms with Gasteiger partial charge in [-0.15, -0.1) is 0 Å². The molecule has 1 aliphatic rings. The van der Waals surface area contributed by atoms with Gasteiger partial charge in [-0.1, -0.05) is 30.3 Å². The van der Waals surface area contributed by atoms with Gasteiger partial charge in [-0.3, -0.25) is 14.9 Å². The quantitative estimate of drug-likeness (QED) is 0.857. The minimum atomic E-state index is -0.632. The SMILES string of the molecule is O=C1C[C@@H](C(=O)NCCc2ccccc2)n2ncnc2N1. The number of amides is 2. The molecule has 1 aliphatic heterocycles. The summed E-state index contributed by atoms with van der Waals surface area (Å²) in [5.41, 5.74) is 1.15. The molecule has 0 bridgehead atoms. The summed E-state index contributed by atoms with van der Waals surface area (Å²) >= 11 is 0. The van der Waals surface area contributed by atoms with Crippen LogP contribution in [0.25, 0.3) is 0 Å². The highest BCUT2D eigenvalue weighted by Crippen LogP contribution is 2.21. The number of nitrogens with one attached hydrogen (secondary N) is 2. The van der Waals surface area contributed by atoms with E-state index in [1.54, 1.807) is 0 Å². The van der Waals surface area contributed by atoms with E-state index in [-0.39, 0.29) is 18.2 Å². The maximum absolute atomic E-state index is 12.2. The van der Waals surface area contributed by atoms with E-state index >= 15 is 0 Å². The number of carbonyl (C=O) groups excluding carboxylic acids is 2. The molecule has 7 heteroatoms. The largest absolute Gasteiger partial charge is 0.354 e. The number of aromatic nitrogens is 3. The number of nitrogens with zero attached hydrogens (tertiary/aromatic N) is 3. The molecule has 1 aromatic heterocycles. The van der Waals surface area contributed by atoms with Crippen LogP contribution in [0, 0.1) is 0 Å². The van der Waals surface area contributed by atoms with Gasteiger partial charge in [0.2, 0.25) is 17.8 Å². The standard InChI is InChI=1S/C14H15N5O2/c20-12-8-11(19-14(18-12)16-9-17-19)13(21)15-7-6-10-4-2-1-3-5-10/h1-5,9,11H,6-8H2,(H,15,21)(H,16,17,18,20)/t11-/m0/s1. The van der Waals surface area contributed by atoms with E-state index in [0.717, 1.165) is 12.0 Å². The van der Waals surface area contributed by atoms with Crippen molar-refractivity contribution in [1.29, 1.82) is 0 Å². The van der Waals surface area contributed by atoms with E-state index in [4.69, 9.17) is 0 Å². The van der Waals surface area contributed by atoms with Gasteiger partial charge in [-0.2, -0.15) is 10.1 Å². The molecule has 1 atom stereocenters. The third-order valence-electron chi connectivity index (χ3n) is 3.36. The second-order valence-electron chi connectivity index (χ2n) is 4.82. The van der Waals surface area contributed by atoms with Crippen molar-refractivity contribution in [1.82, 2.24) is 20.1 Å². The third kappa shape index (κ3) is 2.91. The van der Waals surface area contributed by atoms with Crippen molar-refractivity contribution in [2.75, 3.05) is 11.9 Å². The molecule has 2 amide bonds. The topological polar surface area (TPSA) is 88.9 Å². The van der Waals surface area contributed by atoms with Crippen molar-refractivity contribution in [3.8, 4) is 0 Å². The summed E-state index contributed by atoms with van der Waals surface area (Å²) < 4.78 is 1.44. The zero-order valence-corrected chi connectivity index (χ0v) is 11.3. The van der Waals surface area contributed by atoms with Gasteiger partial charge >= 0.3 is 0 Å². The fourth-order valence-electron chi connectivity index (χ4n) is 2.30. The normalized spacial score (nSPS) is 17.0. The summed E-state index contributed by atoms with van der Waals surface area (Å²) in [6.07, 6.45) is 2.15.